The van der Waals surface area contributed by atoms with E-state index < -0.39 is 0 Å². The molecule has 0 radical (unpaired) electrons. The Labute approximate surface area is 130 Å². The molecule has 0 aliphatic carbocycles. The molecule has 0 amide bonds. The second kappa shape index (κ2) is 6.44. The van der Waals surface area contributed by atoms with Gasteiger partial charge in [0.2, 0.25) is 0 Å². The van der Waals surface area contributed by atoms with Crippen LogP contribution in [0.1, 0.15) is 11.1 Å². The largest absolute Gasteiger partial charge is 0.489 e. The molecule has 0 spiro atoms. The lowest BCUT2D eigenvalue weighted by Gasteiger charge is -2.08. The van der Waals surface area contributed by atoms with Gasteiger partial charge in [-0.2, -0.15) is 0 Å². The summed E-state index contributed by atoms with van der Waals surface area (Å²) in [5, 5.41) is 0. The molecule has 3 aromatic rings. The van der Waals surface area contributed by atoms with Gasteiger partial charge in [-0.25, -0.2) is 4.39 Å². The van der Waals surface area contributed by atoms with Crippen LogP contribution >= 0.6 is 0 Å². The first-order valence-corrected chi connectivity index (χ1v) is 7.26. The van der Waals surface area contributed by atoms with E-state index in [1.54, 1.807) is 13.0 Å². The minimum Gasteiger partial charge on any atom is -0.489 e. The molecule has 3 rings (SSSR count). The third-order valence-corrected chi connectivity index (χ3v) is 3.59. The minimum absolute atomic E-state index is 0.174. The van der Waals surface area contributed by atoms with Gasteiger partial charge in [0.05, 0.1) is 0 Å². The van der Waals surface area contributed by atoms with E-state index in [0.29, 0.717) is 12.2 Å². The summed E-state index contributed by atoms with van der Waals surface area (Å²) in [6, 6.07) is 23.1. The fourth-order valence-corrected chi connectivity index (χ4v) is 2.31. The first-order chi connectivity index (χ1) is 10.7. The number of rotatable bonds is 4. The average Bonchev–Trinajstić information content (AvgIpc) is 2.57. The van der Waals surface area contributed by atoms with Gasteiger partial charge in [0.15, 0.2) is 0 Å². The van der Waals surface area contributed by atoms with Gasteiger partial charge in [0.1, 0.15) is 18.2 Å². The molecule has 1 nitrogen and oxygen atoms in total. The van der Waals surface area contributed by atoms with E-state index >= 15 is 0 Å². The summed E-state index contributed by atoms with van der Waals surface area (Å²) in [5.74, 6) is 0.651. The number of benzene rings is 3. The van der Waals surface area contributed by atoms with Gasteiger partial charge >= 0.3 is 0 Å². The molecule has 0 atom stereocenters. The summed E-state index contributed by atoms with van der Waals surface area (Å²) in [6.45, 7) is 2.33. The van der Waals surface area contributed by atoms with Crippen molar-refractivity contribution in [2.75, 3.05) is 0 Å². The van der Waals surface area contributed by atoms with Crippen molar-refractivity contribution in [3.05, 3.63) is 89.7 Å². The monoisotopic (exact) mass is 292 g/mol. The zero-order valence-electron chi connectivity index (χ0n) is 12.4. The Bertz CT molecular complexity index is 748. The number of hydrogen-bond acceptors (Lipinski definition) is 1. The standard InChI is InChI=1S/C20H17FO/c1-15-13-18(9-12-20(15)21)17-7-10-19(11-8-17)22-14-16-5-3-2-4-6-16/h2-13H,14H2,1H3. The Balaban J connectivity index is 1.71. The third-order valence-electron chi connectivity index (χ3n) is 3.59. The molecule has 0 aliphatic heterocycles. The summed E-state index contributed by atoms with van der Waals surface area (Å²) >= 11 is 0. The van der Waals surface area contributed by atoms with E-state index in [9.17, 15) is 4.39 Å². The van der Waals surface area contributed by atoms with Crippen LogP contribution in [0.2, 0.25) is 0 Å². The Kier molecular flexibility index (Phi) is 4.19. The van der Waals surface area contributed by atoms with Crippen LogP contribution in [0.15, 0.2) is 72.8 Å². The molecular weight excluding hydrogens is 275 g/mol. The van der Waals surface area contributed by atoms with Gasteiger partial charge in [-0.1, -0.05) is 48.5 Å². The van der Waals surface area contributed by atoms with Crippen molar-refractivity contribution in [2.45, 2.75) is 13.5 Å². The summed E-state index contributed by atoms with van der Waals surface area (Å²) < 4.78 is 19.1. The predicted octanol–water partition coefficient (Wildman–Crippen LogP) is 5.38. The topological polar surface area (TPSA) is 9.23 Å². The summed E-state index contributed by atoms with van der Waals surface area (Å²) in [4.78, 5) is 0. The van der Waals surface area contributed by atoms with E-state index in [1.807, 2.05) is 60.7 Å². The van der Waals surface area contributed by atoms with Crippen LogP contribution < -0.4 is 4.74 Å². The normalized spacial score (nSPS) is 10.5. The molecule has 0 N–H and O–H groups in total. The predicted molar refractivity (Wildman–Crippen MR) is 87.3 cm³/mol. The Morgan fingerprint density at radius 3 is 2.18 bits per heavy atom. The molecular formula is C20H17FO. The lowest BCUT2D eigenvalue weighted by atomic mass is 10.0. The Morgan fingerprint density at radius 2 is 1.50 bits per heavy atom. The van der Waals surface area contributed by atoms with Crippen LogP contribution in [0, 0.1) is 12.7 Å². The van der Waals surface area contributed by atoms with Crippen LogP contribution in [0.3, 0.4) is 0 Å². The highest BCUT2D eigenvalue weighted by Gasteiger charge is 2.02. The second-order valence-electron chi connectivity index (χ2n) is 5.26. The highest BCUT2D eigenvalue weighted by atomic mass is 19.1. The van der Waals surface area contributed by atoms with Gasteiger partial charge in [0.25, 0.3) is 0 Å². The van der Waals surface area contributed by atoms with Crippen LogP contribution in [0.4, 0.5) is 4.39 Å². The van der Waals surface area contributed by atoms with Gasteiger partial charge < -0.3 is 4.74 Å². The lowest BCUT2D eigenvalue weighted by molar-refractivity contribution is 0.306. The highest BCUT2D eigenvalue weighted by Crippen LogP contribution is 2.24. The fraction of sp³-hybridized carbons (Fsp3) is 0.100. The number of aryl methyl sites for hydroxylation is 1. The van der Waals surface area contributed by atoms with Gasteiger partial charge in [-0.15, -0.1) is 0 Å². The summed E-state index contributed by atoms with van der Waals surface area (Å²) in [7, 11) is 0. The first-order valence-electron chi connectivity index (χ1n) is 7.26. The molecule has 0 aliphatic rings. The maximum absolute atomic E-state index is 13.3. The van der Waals surface area contributed by atoms with Crippen molar-refractivity contribution >= 4 is 0 Å². The SMILES string of the molecule is Cc1cc(-c2ccc(OCc3ccccc3)cc2)ccc1F. The van der Waals surface area contributed by atoms with Gasteiger partial charge in [0, 0.05) is 0 Å². The lowest BCUT2D eigenvalue weighted by Crippen LogP contribution is -1.94. The van der Waals surface area contributed by atoms with Crippen molar-refractivity contribution < 1.29 is 9.13 Å². The van der Waals surface area contributed by atoms with Crippen molar-refractivity contribution in [2.24, 2.45) is 0 Å². The van der Waals surface area contributed by atoms with E-state index in [1.165, 1.54) is 6.07 Å². The van der Waals surface area contributed by atoms with Crippen molar-refractivity contribution in [3.8, 4) is 16.9 Å². The maximum Gasteiger partial charge on any atom is 0.126 e. The molecule has 0 bridgehead atoms. The van der Waals surface area contributed by atoms with Gasteiger partial charge in [-0.3, -0.25) is 0 Å². The fourth-order valence-electron chi connectivity index (χ4n) is 2.31. The highest BCUT2D eigenvalue weighted by molar-refractivity contribution is 5.64. The Hall–Kier alpha value is -2.61. The summed E-state index contributed by atoms with van der Waals surface area (Å²) in [6.07, 6.45) is 0. The van der Waals surface area contributed by atoms with Crippen LogP contribution in [-0.2, 0) is 6.61 Å². The van der Waals surface area contributed by atoms with E-state index in [2.05, 4.69) is 0 Å². The molecule has 0 fully saturated rings. The molecule has 0 heterocycles. The van der Waals surface area contributed by atoms with E-state index in [-0.39, 0.29) is 5.82 Å². The molecule has 110 valence electrons. The molecule has 0 unspecified atom stereocenters. The zero-order valence-corrected chi connectivity index (χ0v) is 12.4. The molecule has 2 heteroatoms. The van der Waals surface area contributed by atoms with Gasteiger partial charge in [-0.05, 0) is 53.4 Å². The van der Waals surface area contributed by atoms with Crippen molar-refractivity contribution in [3.63, 3.8) is 0 Å². The molecule has 0 aromatic heterocycles. The quantitative estimate of drug-likeness (QED) is 0.627. The second-order valence-corrected chi connectivity index (χ2v) is 5.26. The first kappa shape index (κ1) is 14.3. The van der Waals surface area contributed by atoms with E-state index in [4.69, 9.17) is 4.74 Å². The van der Waals surface area contributed by atoms with Crippen molar-refractivity contribution in [1.82, 2.24) is 0 Å². The van der Waals surface area contributed by atoms with E-state index in [0.717, 1.165) is 22.4 Å². The molecule has 22 heavy (non-hydrogen) atoms. The molecule has 3 aromatic carbocycles. The smallest absolute Gasteiger partial charge is 0.126 e. The maximum atomic E-state index is 13.3. The van der Waals surface area contributed by atoms with Crippen LogP contribution in [0.25, 0.3) is 11.1 Å². The number of halogens is 1. The molecule has 0 saturated carbocycles. The van der Waals surface area contributed by atoms with Crippen molar-refractivity contribution in [1.29, 1.82) is 0 Å². The Morgan fingerprint density at radius 1 is 0.818 bits per heavy atom. The third kappa shape index (κ3) is 3.34. The van der Waals surface area contributed by atoms with Crippen LogP contribution in [-0.4, -0.2) is 0 Å². The average molecular weight is 292 g/mol. The summed E-state index contributed by atoms with van der Waals surface area (Å²) in [5.41, 5.74) is 3.85. The minimum atomic E-state index is -0.174. The number of ether oxygens (including phenoxy) is 1. The zero-order chi connectivity index (χ0) is 15.4. The van der Waals surface area contributed by atoms with Crippen LogP contribution in [0.5, 0.6) is 5.75 Å². The molecule has 0 saturated heterocycles. The number of hydrogen-bond donors (Lipinski definition) is 0.